The third-order valence-corrected chi connectivity index (χ3v) is 3.48. The monoisotopic (exact) mass is 257 g/mol. The number of benzene rings is 1. The number of para-hydroxylation sites is 1. The summed E-state index contributed by atoms with van der Waals surface area (Å²) >= 11 is 0. The molecule has 0 unspecified atom stereocenters. The zero-order chi connectivity index (χ0) is 13.4. The molecule has 2 N–H and O–H groups in total. The van der Waals surface area contributed by atoms with E-state index in [-0.39, 0.29) is 0 Å². The average molecular weight is 257 g/mol. The van der Waals surface area contributed by atoms with E-state index < -0.39 is 0 Å². The zero-order valence-electron chi connectivity index (χ0n) is 11.4. The van der Waals surface area contributed by atoms with E-state index in [0.717, 1.165) is 28.6 Å². The van der Waals surface area contributed by atoms with Gasteiger partial charge in [0.15, 0.2) is 0 Å². The first-order valence-corrected chi connectivity index (χ1v) is 6.79. The maximum Gasteiger partial charge on any atom is 0.132 e. The van der Waals surface area contributed by atoms with Gasteiger partial charge < -0.3 is 15.0 Å². The highest BCUT2D eigenvalue weighted by Gasteiger charge is 2.29. The number of imidazole rings is 1. The van der Waals surface area contributed by atoms with Gasteiger partial charge >= 0.3 is 0 Å². The first-order chi connectivity index (χ1) is 9.22. The van der Waals surface area contributed by atoms with Crippen molar-refractivity contribution in [3.05, 3.63) is 30.1 Å². The molecule has 1 aromatic heterocycles. The van der Waals surface area contributed by atoms with Crippen LogP contribution < -0.4 is 10.5 Å². The van der Waals surface area contributed by atoms with Crippen molar-refractivity contribution in [1.82, 2.24) is 9.55 Å². The van der Waals surface area contributed by atoms with Crippen LogP contribution in [-0.4, -0.2) is 16.2 Å². The lowest BCUT2D eigenvalue weighted by Gasteiger charge is -2.09. The minimum atomic E-state index is 0.542. The van der Waals surface area contributed by atoms with Crippen LogP contribution in [0.1, 0.15) is 31.6 Å². The summed E-state index contributed by atoms with van der Waals surface area (Å²) in [7, 11) is 0. The molecule has 100 valence electrons. The van der Waals surface area contributed by atoms with E-state index >= 15 is 0 Å². The quantitative estimate of drug-likeness (QED) is 0.915. The van der Waals surface area contributed by atoms with Gasteiger partial charge in [0.25, 0.3) is 0 Å². The second kappa shape index (κ2) is 4.61. The lowest BCUT2D eigenvalue weighted by atomic mass is 10.1. The number of nitrogen functional groups attached to an aromatic ring is 1. The van der Waals surface area contributed by atoms with Gasteiger partial charge in [-0.05, 0) is 38.8 Å². The van der Waals surface area contributed by atoms with E-state index in [9.17, 15) is 0 Å². The number of hydrogen-bond donors (Lipinski definition) is 1. The van der Waals surface area contributed by atoms with Crippen molar-refractivity contribution < 1.29 is 4.74 Å². The SMILES string of the molecule is CCOc1ccccc1-c1nc(C)n(C2CC2)c1N. The molecule has 2 aromatic rings. The highest BCUT2D eigenvalue weighted by atomic mass is 16.5. The largest absolute Gasteiger partial charge is 0.493 e. The topological polar surface area (TPSA) is 53.1 Å². The van der Waals surface area contributed by atoms with Crippen molar-refractivity contribution >= 4 is 5.82 Å². The summed E-state index contributed by atoms with van der Waals surface area (Å²) in [5.74, 6) is 2.59. The first kappa shape index (κ1) is 12.1. The Bertz CT molecular complexity index is 599. The minimum absolute atomic E-state index is 0.542. The number of nitrogens with two attached hydrogens (primary N) is 1. The van der Waals surface area contributed by atoms with Crippen molar-refractivity contribution in [2.75, 3.05) is 12.3 Å². The Morgan fingerprint density at radius 2 is 2.11 bits per heavy atom. The second-order valence-corrected chi connectivity index (χ2v) is 4.92. The van der Waals surface area contributed by atoms with Crippen molar-refractivity contribution in [1.29, 1.82) is 0 Å². The van der Waals surface area contributed by atoms with Crippen LogP contribution in [0.2, 0.25) is 0 Å². The molecule has 1 saturated carbocycles. The fourth-order valence-corrected chi connectivity index (χ4v) is 2.50. The van der Waals surface area contributed by atoms with Gasteiger partial charge in [-0.3, -0.25) is 0 Å². The molecular formula is C15H19N3O. The summed E-state index contributed by atoms with van der Waals surface area (Å²) < 4.78 is 7.82. The van der Waals surface area contributed by atoms with Crippen LogP contribution in [0.3, 0.4) is 0 Å². The molecule has 0 spiro atoms. The lowest BCUT2D eigenvalue weighted by Crippen LogP contribution is -2.02. The summed E-state index contributed by atoms with van der Waals surface area (Å²) in [6.45, 7) is 4.63. The van der Waals surface area contributed by atoms with Gasteiger partial charge in [0, 0.05) is 11.6 Å². The van der Waals surface area contributed by atoms with Crippen molar-refractivity contribution in [2.24, 2.45) is 0 Å². The number of anilines is 1. The third kappa shape index (κ3) is 2.07. The maximum atomic E-state index is 6.29. The Balaban J connectivity index is 2.09. The minimum Gasteiger partial charge on any atom is -0.493 e. The molecule has 1 heterocycles. The molecule has 0 radical (unpaired) electrons. The maximum absolute atomic E-state index is 6.29. The second-order valence-electron chi connectivity index (χ2n) is 4.92. The normalized spacial score (nSPS) is 14.6. The molecule has 0 atom stereocenters. The first-order valence-electron chi connectivity index (χ1n) is 6.79. The van der Waals surface area contributed by atoms with E-state index in [2.05, 4.69) is 9.55 Å². The molecule has 19 heavy (non-hydrogen) atoms. The summed E-state index contributed by atoms with van der Waals surface area (Å²) in [6.07, 6.45) is 2.40. The van der Waals surface area contributed by atoms with E-state index in [1.54, 1.807) is 0 Å². The third-order valence-electron chi connectivity index (χ3n) is 3.48. The van der Waals surface area contributed by atoms with Crippen LogP contribution >= 0.6 is 0 Å². The molecule has 0 aliphatic heterocycles. The molecule has 0 bridgehead atoms. The van der Waals surface area contributed by atoms with Crippen LogP contribution in [0.5, 0.6) is 5.75 Å². The van der Waals surface area contributed by atoms with Gasteiger partial charge in [-0.1, -0.05) is 12.1 Å². The molecule has 1 aliphatic carbocycles. The standard InChI is InChI=1S/C15H19N3O/c1-3-19-13-7-5-4-6-12(13)14-15(16)18(10(2)17-14)11-8-9-11/h4-7,11H,3,8-9,16H2,1-2H3. The van der Waals surface area contributed by atoms with E-state index in [1.807, 2.05) is 38.1 Å². The molecule has 4 nitrogen and oxygen atoms in total. The van der Waals surface area contributed by atoms with E-state index in [0.29, 0.717) is 12.6 Å². The zero-order valence-corrected chi connectivity index (χ0v) is 11.4. The Morgan fingerprint density at radius 3 is 2.79 bits per heavy atom. The molecule has 0 saturated heterocycles. The van der Waals surface area contributed by atoms with Crippen LogP contribution in [0.4, 0.5) is 5.82 Å². The van der Waals surface area contributed by atoms with Crippen molar-refractivity contribution in [2.45, 2.75) is 32.7 Å². The molecule has 3 rings (SSSR count). The van der Waals surface area contributed by atoms with E-state index in [4.69, 9.17) is 10.5 Å². The summed E-state index contributed by atoms with van der Waals surface area (Å²) in [5, 5.41) is 0. The number of ether oxygens (including phenoxy) is 1. The summed E-state index contributed by atoms with van der Waals surface area (Å²) in [4.78, 5) is 4.64. The Kier molecular flexibility index (Phi) is 2.93. The average Bonchev–Trinajstić information content (AvgIpc) is 3.18. The highest BCUT2D eigenvalue weighted by Crippen LogP contribution is 2.42. The number of aromatic nitrogens is 2. The van der Waals surface area contributed by atoms with Crippen LogP contribution in [-0.2, 0) is 0 Å². The van der Waals surface area contributed by atoms with Gasteiger partial charge in [0.1, 0.15) is 23.1 Å². The van der Waals surface area contributed by atoms with Crippen LogP contribution in [0.25, 0.3) is 11.3 Å². The number of rotatable bonds is 4. The van der Waals surface area contributed by atoms with Crippen molar-refractivity contribution in [3.8, 4) is 17.0 Å². The molecule has 1 fully saturated rings. The molecular weight excluding hydrogens is 238 g/mol. The van der Waals surface area contributed by atoms with Gasteiger partial charge in [-0.2, -0.15) is 0 Å². The molecule has 1 aromatic carbocycles. The van der Waals surface area contributed by atoms with Gasteiger partial charge in [0.2, 0.25) is 0 Å². The molecule has 0 amide bonds. The predicted octanol–water partition coefficient (Wildman–Crippen LogP) is 3.17. The fraction of sp³-hybridized carbons (Fsp3) is 0.400. The van der Waals surface area contributed by atoms with Gasteiger partial charge in [0.05, 0.1) is 6.61 Å². The smallest absolute Gasteiger partial charge is 0.132 e. The Hall–Kier alpha value is -1.97. The summed E-state index contributed by atoms with van der Waals surface area (Å²) in [5.41, 5.74) is 8.10. The van der Waals surface area contributed by atoms with E-state index in [1.165, 1.54) is 12.8 Å². The molecule has 4 heteroatoms. The van der Waals surface area contributed by atoms with Crippen molar-refractivity contribution in [3.63, 3.8) is 0 Å². The van der Waals surface area contributed by atoms with Crippen LogP contribution in [0.15, 0.2) is 24.3 Å². The number of aryl methyl sites for hydroxylation is 1. The summed E-state index contributed by atoms with van der Waals surface area (Å²) in [6, 6.07) is 8.47. The number of nitrogens with zero attached hydrogens (tertiary/aromatic N) is 2. The Labute approximate surface area is 113 Å². The van der Waals surface area contributed by atoms with Crippen LogP contribution in [0, 0.1) is 6.92 Å². The lowest BCUT2D eigenvalue weighted by molar-refractivity contribution is 0.341. The fourth-order valence-electron chi connectivity index (χ4n) is 2.50. The van der Waals surface area contributed by atoms with Gasteiger partial charge in [-0.25, -0.2) is 4.98 Å². The van der Waals surface area contributed by atoms with Gasteiger partial charge in [-0.15, -0.1) is 0 Å². The number of hydrogen-bond acceptors (Lipinski definition) is 3. The Morgan fingerprint density at radius 1 is 1.37 bits per heavy atom. The highest BCUT2D eigenvalue weighted by molar-refractivity contribution is 5.76. The predicted molar refractivity (Wildman–Crippen MR) is 76.3 cm³/mol. The molecule has 1 aliphatic rings.